The molecular formula is C11H17NO. The Balaban J connectivity index is 3.02. The van der Waals surface area contributed by atoms with Crippen molar-refractivity contribution in [1.29, 1.82) is 0 Å². The molecule has 0 aliphatic heterocycles. The van der Waals surface area contributed by atoms with E-state index in [1.54, 1.807) is 13.8 Å². The number of hydrogen-bond acceptors (Lipinski definition) is 2. The number of aryl methyl sites for hydroxylation is 1. The highest BCUT2D eigenvalue weighted by atomic mass is 16.3. The Hall–Kier alpha value is -0.860. The highest BCUT2D eigenvalue weighted by molar-refractivity contribution is 5.30. The minimum atomic E-state index is -0.869. The molecule has 0 amide bonds. The van der Waals surface area contributed by atoms with Gasteiger partial charge in [-0.1, -0.05) is 24.3 Å². The molecular weight excluding hydrogens is 162 g/mol. The zero-order valence-corrected chi connectivity index (χ0v) is 8.41. The summed E-state index contributed by atoms with van der Waals surface area (Å²) in [4.78, 5) is 0. The van der Waals surface area contributed by atoms with Crippen molar-refractivity contribution >= 4 is 0 Å². The van der Waals surface area contributed by atoms with Gasteiger partial charge in [-0.05, 0) is 31.9 Å². The monoisotopic (exact) mass is 179 g/mol. The molecule has 0 heterocycles. The van der Waals surface area contributed by atoms with Gasteiger partial charge in [0.15, 0.2) is 0 Å². The highest BCUT2D eigenvalue weighted by Crippen LogP contribution is 2.24. The lowest BCUT2D eigenvalue weighted by atomic mass is 9.90. The zero-order valence-electron chi connectivity index (χ0n) is 8.41. The second-order valence-corrected chi connectivity index (χ2v) is 3.99. The number of aliphatic hydroxyl groups is 1. The molecule has 0 saturated heterocycles. The molecule has 2 nitrogen and oxygen atoms in total. The fraction of sp³-hybridized carbons (Fsp3) is 0.455. The van der Waals surface area contributed by atoms with Crippen LogP contribution in [0.4, 0.5) is 0 Å². The third-order valence-electron chi connectivity index (χ3n) is 2.28. The SMILES string of the molecule is Cc1ccccc1C(N)C(C)(C)O. The average Bonchev–Trinajstić information content (AvgIpc) is 2.02. The van der Waals surface area contributed by atoms with Gasteiger partial charge in [-0.15, -0.1) is 0 Å². The first-order valence-corrected chi connectivity index (χ1v) is 4.46. The first-order valence-electron chi connectivity index (χ1n) is 4.46. The molecule has 0 bridgehead atoms. The van der Waals surface area contributed by atoms with Crippen LogP contribution in [0.1, 0.15) is 31.0 Å². The smallest absolute Gasteiger partial charge is 0.0783 e. The summed E-state index contributed by atoms with van der Waals surface area (Å²) in [5.41, 5.74) is 7.19. The van der Waals surface area contributed by atoms with Gasteiger partial charge in [-0.25, -0.2) is 0 Å². The summed E-state index contributed by atoms with van der Waals surface area (Å²) < 4.78 is 0. The van der Waals surface area contributed by atoms with Gasteiger partial charge in [0.2, 0.25) is 0 Å². The summed E-state index contributed by atoms with van der Waals surface area (Å²) >= 11 is 0. The molecule has 1 aromatic carbocycles. The van der Waals surface area contributed by atoms with Crippen molar-refractivity contribution in [2.24, 2.45) is 5.73 Å². The van der Waals surface area contributed by atoms with Crippen molar-refractivity contribution in [3.05, 3.63) is 35.4 Å². The van der Waals surface area contributed by atoms with Crippen molar-refractivity contribution < 1.29 is 5.11 Å². The Labute approximate surface area is 79.4 Å². The minimum Gasteiger partial charge on any atom is -0.388 e. The van der Waals surface area contributed by atoms with Crippen LogP contribution >= 0.6 is 0 Å². The number of rotatable bonds is 2. The van der Waals surface area contributed by atoms with Crippen LogP contribution in [0, 0.1) is 6.92 Å². The maximum atomic E-state index is 9.74. The normalized spacial score (nSPS) is 14.2. The van der Waals surface area contributed by atoms with Gasteiger partial charge < -0.3 is 10.8 Å². The first-order chi connectivity index (χ1) is 5.93. The van der Waals surface area contributed by atoms with Gasteiger partial charge in [0, 0.05) is 0 Å². The predicted molar refractivity (Wildman–Crippen MR) is 54.4 cm³/mol. The van der Waals surface area contributed by atoms with E-state index in [0.29, 0.717) is 0 Å². The Bertz CT molecular complexity index is 288. The van der Waals surface area contributed by atoms with Gasteiger partial charge in [-0.3, -0.25) is 0 Å². The molecule has 0 aliphatic carbocycles. The van der Waals surface area contributed by atoms with E-state index in [1.165, 1.54) is 0 Å². The molecule has 1 rings (SSSR count). The largest absolute Gasteiger partial charge is 0.388 e. The van der Waals surface area contributed by atoms with Crippen molar-refractivity contribution in [2.75, 3.05) is 0 Å². The molecule has 0 fully saturated rings. The second kappa shape index (κ2) is 3.48. The van der Waals surface area contributed by atoms with Crippen molar-refractivity contribution in [2.45, 2.75) is 32.4 Å². The molecule has 13 heavy (non-hydrogen) atoms. The van der Waals surface area contributed by atoms with Crippen LogP contribution < -0.4 is 5.73 Å². The van der Waals surface area contributed by atoms with Crippen LogP contribution in [0.5, 0.6) is 0 Å². The van der Waals surface area contributed by atoms with E-state index in [2.05, 4.69) is 0 Å². The number of nitrogens with two attached hydrogens (primary N) is 1. The third-order valence-corrected chi connectivity index (χ3v) is 2.28. The van der Waals surface area contributed by atoms with Crippen LogP contribution in [0.25, 0.3) is 0 Å². The van der Waals surface area contributed by atoms with E-state index < -0.39 is 5.60 Å². The van der Waals surface area contributed by atoms with E-state index in [-0.39, 0.29) is 6.04 Å². The fourth-order valence-corrected chi connectivity index (χ4v) is 1.32. The van der Waals surface area contributed by atoms with Crippen molar-refractivity contribution in [1.82, 2.24) is 0 Å². The van der Waals surface area contributed by atoms with Gasteiger partial charge in [0.1, 0.15) is 0 Å². The zero-order chi connectivity index (χ0) is 10.1. The van der Waals surface area contributed by atoms with Crippen LogP contribution in [0.15, 0.2) is 24.3 Å². The summed E-state index contributed by atoms with van der Waals surface area (Å²) in [6, 6.07) is 7.54. The summed E-state index contributed by atoms with van der Waals surface area (Å²) in [5, 5.41) is 9.74. The first kappa shape index (κ1) is 10.2. The summed E-state index contributed by atoms with van der Waals surface area (Å²) in [6.45, 7) is 5.45. The van der Waals surface area contributed by atoms with Crippen molar-refractivity contribution in [3.63, 3.8) is 0 Å². The molecule has 1 unspecified atom stereocenters. The van der Waals surface area contributed by atoms with E-state index >= 15 is 0 Å². The molecule has 0 radical (unpaired) electrons. The molecule has 1 atom stereocenters. The summed E-state index contributed by atoms with van der Waals surface area (Å²) in [6.07, 6.45) is 0. The number of hydrogen-bond donors (Lipinski definition) is 2. The van der Waals surface area contributed by atoms with E-state index in [4.69, 9.17) is 5.73 Å². The highest BCUT2D eigenvalue weighted by Gasteiger charge is 2.25. The fourth-order valence-electron chi connectivity index (χ4n) is 1.32. The Morgan fingerprint density at radius 2 is 1.85 bits per heavy atom. The van der Waals surface area contributed by atoms with E-state index in [1.807, 2.05) is 31.2 Å². The van der Waals surface area contributed by atoms with Crippen LogP contribution in [0.2, 0.25) is 0 Å². The summed E-state index contributed by atoms with van der Waals surface area (Å²) in [5.74, 6) is 0. The maximum absolute atomic E-state index is 9.74. The molecule has 1 aromatic rings. The molecule has 0 aliphatic rings. The quantitative estimate of drug-likeness (QED) is 0.726. The molecule has 72 valence electrons. The van der Waals surface area contributed by atoms with Crippen LogP contribution in [-0.4, -0.2) is 10.7 Å². The lowest BCUT2D eigenvalue weighted by molar-refractivity contribution is 0.0515. The molecule has 2 heteroatoms. The lowest BCUT2D eigenvalue weighted by Gasteiger charge is -2.27. The predicted octanol–water partition coefficient (Wildman–Crippen LogP) is 1.77. The van der Waals surface area contributed by atoms with Crippen LogP contribution in [-0.2, 0) is 0 Å². The number of benzene rings is 1. The third kappa shape index (κ3) is 2.29. The maximum Gasteiger partial charge on any atom is 0.0783 e. The molecule has 0 aromatic heterocycles. The Kier molecular flexibility index (Phi) is 2.74. The van der Waals surface area contributed by atoms with E-state index in [0.717, 1.165) is 11.1 Å². The molecule has 0 spiro atoms. The topological polar surface area (TPSA) is 46.2 Å². The van der Waals surface area contributed by atoms with E-state index in [9.17, 15) is 5.11 Å². The Morgan fingerprint density at radius 1 is 1.31 bits per heavy atom. The molecule has 0 saturated carbocycles. The van der Waals surface area contributed by atoms with Crippen LogP contribution in [0.3, 0.4) is 0 Å². The summed E-state index contributed by atoms with van der Waals surface area (Å²) in [7, 11) is 0. The molecule has 3 N–H and O–H groups in total. The minimum absolute atomic E-state index is 0.325. The van der Waals surface area contributed by atoms with Gasteiger partial charge in [-0.2, -0.15) is 0 Å². The van der Waals surface area contributed by atoms with Gasteiger partial charge >= 0.3 is 0 Å². The van der Waals surface area contributed by atoms with Gasteiger partial charge in [0.05, 0.1) is 11.6 Å². The van der Waals surface area contributed by atoms with Crippen molar-refractivity contribution in [3.8, 4) is 0 Å². The Morgan fingerprint density at radius 3 is 2.31 bits per heavy atom. The lowest BCUT2D eigenvalue weighted by Crippen LogP contribution is -2.35. The standard InChI is InChI=1S/C11H17NO/c1-8-6-4-5-7-9(8)10(12)11(2,3)13/h4-7,10,13H,12H2,1-3H3. The van der Waals surface area contributed by atoms with Gasteiger partial charge in [0.25, 0.3) is 0 Å². The average molecular weight is 179 g/mol. The second-order valence-electron chi connectivity index (χ2n) is 3.99.